The molecule has 1 atom stereocenters. The maximum absolute atomic E-state index is 13.0. The van der Waals surface area contributed by atoms with Crippen molar-refractivity contribution >= 4 is 39.5 Å². The van der Waals surface area contributed by atoms with E-state index in [4.69, 9.17) is 9.47 Å². The summed E-state index contributed by atoms with van der Waals surface area (Å²) in [7, 11) is 0. The summed E-state index contributed by atoms with van der Waals surface area (Å²) in [6.07, 6.45) is 0.430. The minimum absolute atomic E-state index is 0.141. The molecule has 0 amide bonds. The van der Waals surface area contributed by atoms with Crippen molar-refractivity contribution in [1.29, 1.82) is 0 Å². The second-order valence-electron chi connectivity index (χ2n) is 6.36. The minimum atomic E-state index is -1.07. The molecule has 4 rings (SSSR count). The summed E-state index contributed by atoms with van der Waals surface area (Å²) in [6, 6.07) is 13.6. The number of hydrogen-bond donors (Lipinski definition) is 1. The number of ether oxygens (including phenoxy) is 2. The van der Waals surface area contributed by atoms with Crippen LogP contribution in [0.1, 0.15) is 40.0 Å². The first-order chi connectivity index (χ1) is 13.1. The third-order valence-electron chi connectivity index (χ3n) is 4.67. The summed E-state index contributed by atoms with van der Waals surface area (Å²) in [5.41, 5.74) is 0.412. The van der Waals surface area contributed by atoms with Gasteiger partial charge in [-0.2, -0.15) is 0 Å². The quantitative estimate of drug-likeness (QED) is 0.560. The van der Waals surface area contributed by atoms with Gasteiger partial charge < -0.3 is 14.6 Å². The van der Waals surface area contributed by atoms with E-state index in [1.807, 2.05) is 0 Å². The van der Waals surface area contributed by atoms with Crippen LogP contribution in [0.5, 0.6) is 0 Å². The highest BCUT2D eigenvalue weighted by atomic mass is 16.7. The molecule has 3 aromatic rings. The number of carbonyl (C=O) groups is 3. The molecule has 0 aliphatic carbocycles. The SMILES string of the molecule is O=C1CCCC(OC(=O)c2c3ccccc3c(C(=O)O)c3ccccc23)O1. The van der Waals surface area contributed by atoms with Crippen LogP contribution in [0.4, 0.5) is 0 Å². The van der Waals surface area contributed by atoms with E-state index in [2.05, 4.69) is 0 Å². The predicted octanol–water partition coefficient (Wildman–Crippen LogP) is 3.90. The third-order valence-corrected chi connectivity index (χ3v) is 4.67. The summed E-state index contributed by atoms with van der Waals surface area (Å²) in [4.78, 5) is 36.3. The largest absolute Gasteiger partial charge is 0.478 e. The Morgan fingerprint density at radius 2 is 1.44 bits per heavy atom. The van der Waals surface area contributed by atoms with Crippen molar-refractivity contribution in [2.45, 2.75) is 25.6 Å². The molecule has 1 N–H and O–H groups in total. The molecule has 1 fully saturated rings. The number of fused-ring (bicyclic) bond motifs is 2. The molecule has 0 aromatic heterocycles. The normalized spacial score (nSPS) is 16.9. The topological polar surface area (TPSA) is 89.9 Å². The van der Waals surface area contributed by atoms with E-state index in [1.54, 1.807) is 48.5 Å². The molecule has 6 nitrogen and oxygen atoms in total. The van der Waals surface area contributed by atoms with Gasteiger partial charge in [0.15, 0.2) is 0 Å². The molecule has 0 spiro atoms. The summed E-state index contributed by atoms with van der Waals surface area (Å²) >= 11 is 0. The fourth-order valence-corrected chi connectivity index (χ4v) is 3.52. The molecule has 0 saturated carbocycles. The lowest BCUT2D eigenvalue weighted by molar-refractivity contribution is -0.176. The molecule has 1 unspecified atom stereocenters. The molecule has 0 radical (unpaired) electrons. The lowest BCUT2D eigenvalue weighted by Crippen LogP contribution is -2.28. The van der Waals surface area contributed by atoms with Gasteiger partial charge >= 0.3 is 17.9 Å². The molecule has 3 aromatic carbocycles. The van der Waals surface area contributed by atoms with Gasteiger partial charge in [0.1, 0.15) is 0 Å². The molecule has 1 aliphatic heterocycles. The van der Waals surface area contributed by atoms with Crippen LogP contribution >= 0.6 is 0 Å². The van der Waals surface area contributed by atoms with Crippen LogP contribution in [0.25, 0.3) is 21.5 Å². The first-order valence-electron chi connectivity index (χ1n) is 8.63. The number of rotatable bonds is 3. The molecule has 136 valence electrons. The van der Waals surface area contributed by atoms with Gasteiger partial charge in [0.2, 0.25) is 6.29 Å². The van der Waals surface area contributed by atoms with Crippen LogP contribution in [0.15, 0.2) is 48.5 Å². The molecule has 27 heavy (non-hydrogen) atoms. The first kappa shape index (κ1) is 17.0. The maximum atomic E-state index is 13.0. The van der Waals surface area contributed by atoms with Crippen molar-refractivity contribution < 1.29 is 29.0 Å². The van der Waals surface area contributed by atoms with Crippen molar-refractivity contribution in [3.05, 3.63) is 59.7 Å². The predicted molar refractivity (Wildman–Crippen MR) is 97.6 cm³/mol. The number of cyclic esters (lactones) is 1. The Balaban J connectivity index is 1.91. The first-order valence-corrected chi connectivity index (χ1v) is 8.63. The number of hydrogen-bond acceptors (Lipinski definition) is 5. The molecule has 1 heterocycles. The Kier molecular flexibility index (Phi) is 4.24. The Morgan fingerprint density at radius 1 is 0.926 bits per heavy atom. The maximum Gasteiger partial charge on any atom is 0.342 e. The smallest absolute Gasteiger partial charge is 0.342 e. The van der Waals surface area contributed by atoms with Gasteiger partial charge in [-0.05, 0) is 28.0 Å². The van der Waals surface area contributed by atoms with E-state index >= 15 is 0 Å². The highest BCUT2D eigenvalue weighted by molar-refractivity contribution is 6.24. The van der Waals surface area contributed by atoms with E-state index in [0.717, 1.165) is 0 Å². The van der Waals surface area contributed by atoms with E-state index in [-0.39, 0.29) is 11.1 Å². The van der Waals surface area contributed by atoms with E-state index in [9.17, 15) is 19.5 Å². The standard InChI is InChI=1S/C21H16O6/c22-16-10-5-11-17(26-16)27-21(25)19-14-8-3-1-6-12(14)18(20(23)24)13-7-2-4-9-15(13)19/h1-4,6-9,17H,5,10-11H2,(H,23,24). The van der Waals surface area contributed by atoms with Crippen LogP contribution < -0.4 is 0 Å². The fourth-order valence-electron chi connectivity index (χ4n) is 3.52. The zero-order chi connectivity index (χ0) is 19.0. The van der Waals surface area contributed by atoms with Gasteiger partial charge in [-0.1, -0.05) is 48.5 Å². The van der Waals surface area contributed by atoms with Gasteiger partial charge in [0.05, 0.1) is 11.1 Å². The Bertz CT molecular complexity index is 1030. The molecular weight excluding hydrogens is 348 g/mol. The number of carbonyl (C=O) groups excluding carboxylic acids is 2. The van der Waals surface area contributed by atoms with E-state index in [1.165, 1.54) is 0 Å². The van der Waals surface area contributed by atoms with Gasteiger partial charge in [-0.3, -0.25) is 4.79 Å². The summed E-state index contributed by atoms with van der Waals surface area (Å²) in [5.74, 6) is -2.10. The van der Waals surface area contributed by atoms with Crippen LogP contribution in [0.3, 0.4) is 0 Å². The van der Waals surface area contributed by atoms with Crippen molar-refractivity contribution in [3.8, 4) is 0 Å². The van der Waals surface area contributed by atoms with Gasteiger partial charge in [-0.25, -0.2) is 9.59 Å². The lowest BCUT2D eigenvalue weighted by atomic mass is 9.91. The van der Waals surface area contributed by atoms with Crippen molar-refractivity contribution in [2.75, 3.05) is 0 Å². The van der Waals surface area contributed by atoms with Crippen LogP contribution in [0.2, 0.25) is 0 Å². The number of esters is 2. The van der Waals surface area contributed by atoms with Crippen LogP contribution in [-0.2, 0) is 14.3 Å². The second-order valence-corrected chi connectivity index (χ2v) is 6.36. The zero-order valence-corrected chi connectivity index (χ0v) is 14.3. The molecule has 1 saturated heterocycles. The van der Waals surface area contributed by atoms with Crippen LogP contribution in [-0.4, -0.2) is 29.3 Å². The minimum Gasteiger partial charge on any atom is -0.478 e. The second kappa shape index (κ2) is 6.72. The fraction of sp³-hybridized carbons (Fsp3) is 0.190. The highest BCUT2D eigenvalue weighted by Gasteiger charge is 2.27. The van der Waals surface area contributed by atoms with E-state index < -0.39 is 24.2 Å². The molecule has 1 aliphatic rings. The summed E-state index contributed by atoms with van der Waals surface area (Å²) in [5, 5.41) is 11.6. The van der Waals surface area contributed by atoms with Crippen LogP contribution in [0, 0.1) is 0 Å². The highest BCUT2D eigenvalue weighted by Crippen LogP contribution is 2.34. The lowest BCUT2D eigenvalue weighted by Gasteiger charge is -2.23. The average molecular weight is 364 g/mol. The zero-order valence-electron chi connectivity index (χ0n) is 14.3. The van der Waals surface area contributed by atoms with Gasteiger partial charge in [0, 0.05) is 12.8 Å². The Labute approximate surface area is 154 Å². The summed E-state index contributed by atoms with van der Waals surface area (Å²) in [6.45, 7) is 0. The van der Waals surface area contributed by atoms with Crippen molar-refractivity contribution in [3.63, 3.8) is 0 Å². The van der Waals surface area contributed by atoms with Crippen molar-refractivity contribution in [2.24, 2.45) is 0 Å². The number of aromatic carboxylic acids is 1. The Hall–Kier alpha value is -3.41. The number of carboxylic acids is 1. The summed E-state index contributed by atoms with van der Waals surface area (Å²) < 4.78 is 10.5. The van der Waals surface area contributed by atoms with Gasteiger partial charge in [-0.15, -0.1) is 0 Å². The average Bonchev–Trinajstić information content (AvgIpc) is 2.65. The Morgan fingerprint density at radius 3 is 1.93 bits per heavy atom. The van der Waals surface area contributed by atoms with Crippen molar-refractivity contribution in [1.82, 2.24) is 0 Å². The molecule has 6 heteroatoms. The molecule has 0 bridgehead atoms. The number of benzene rings is 3. The third kappa shape index (κ3) is 2.99. The number of carboxylic acid groups (broad SMARTS) is 1. The van der Waals surface area contributed by atoms with E-state index in [0.29, 0.717) is 40.8 Å². The monoisotopic (exact) mass is 364 g/mol. The van der Waals surface area contributed by atoms with Gasteiger partial charge in [0.25, 0.3) is 0 Å². The molecular formula is C21H16O6.